The molecule has 0 radical (unpaired) electrons. The second-order valence-electron chi connectivity index (χ2n) is 5.91. The maximum Gasteiger partial charge on any atom is 0.323 e. The van der Waals surface area contributed by atoms with Crippen LogP contribution in [0.15, 0.2) is 54.6 Å². The van der Waals surface area contributed by atoms with Gasteiger partial charge in [-0.1, -0.05) is 54.1 Å². The molecule has 2 aromatic carbocycles. The van der Waals surface area contributed by atoms with Crippen molar-refractivity contribution in [3.8, 4) is 0 Å². The molecular formula is C18H17ClN2O4. The zero-order valence-corrected chi connectivity index (χ0v) is 14.2. The Balaban J connectivity index is 2.08. The highest BCUT2D eigenvalue weighted by molar-refractivity contribution is 6.30. The molecule has 1 N–H and O–H groups in total. The van der Waals surface area contributed by atoms with Crippen molar-refractivity contribution in [1.82, 2.24) is 5.32 Å². The van der Waals surface area contributed by atoms with Gasteiger partial charge in [-0.15, -0.1) is 0 Å². The van der Waals surface area contributed by atoms with Gasteiger partial charge in [-0.25, -0.2) is 0 Å². The number of nitro groups is 1. The fourth-order valence-corrected chi connectivity index (χ4v) is 3.55. The third-order valence-corrected chi connectivity index (χ3v) is 4.79. The van der Waals surface area contributed by atoms with Crippen LogP contribution in [-0.2, 0) is 9.53 Å². The van der Waals surface area contributed by atoms with Gasteiger partial charge in [0.25, 0.3) is 0 Å². The van der Waals surface area contributed by atoms with Gasteiger partial charge in [-0.2, -0.15) is 0 Å². The molecule has 0 saturated carbocycles. The Kier molecular flexibility index (Phi) is 5.01. The first-order valence-electron chi connectivity index (χ1n) is 7.80. The van der Waals surface area contributed by atoms with Crippen LogP contribution in [0.5, 0.6) is 0 Å². The number of methoxy groups -OCH3 is 1. The smallest absolute Gasteiger partial charge is 0.323 e. The van der Waals surface area contributed by atoms with Gasteiger partial charge in [0.15, 0.2) is 0 Å². The Morgan fingerprint density at radius 3 is 2.32 bits per heavy atom. The Hall–Kier alpha value is -2.44. The summed E-state index contributed by atoms with van der Waals surface area (Å²) in [4.78, 5) is 23.8. The number of hydrogen-bond acceptors (Lipinski definition) is 5. The number of nitrogens with zero attached hydrogens (tertiary/aromatic N) is 1. The predicted molar refractivity (Wildman–Crippen MR) is 93.1 cm³/mol. The summed E-state index contributed by atoms with van der Waals surface area (Å²) < 4.78 is 4.87. The van der Waals surface area contributed by atoms with Crippen molar-refractivity contribution in [3.63, 3.8) is 0 Å². The van der Waals surface area contributed by atoms with E-state index in [1.165, 1.54) is 7.11 Å². The number of rotatable bonds is 4. The molecule has 6 nitrogen and oxygen atoms in total. The van der Waals surface area contributed by atoms with E-state index in [0.29, 0.717) is 10.6 Å². The molecular weight excluding hydrogens is 344 g/mol. The van der Waals surface area contributed by atoms with E-state index in [9.17, 15) is 14.9 Å². The summed E-state index contributed by atoms with van der Waals surface area (Å²) in [5.74, 6) is -1.19. The van der Waals surface area contributed by atoms with Gasteiger partial charge in [-0.3, -0.25) is 20.2 Å². The van der Waals surface area contributed by atoms with E-state index in [0.717, 1.165) is 5.56 Å². The van der Waals surface area contributed by atoms with Crippen molar-refractivity contribution in [3.05, 3.63) is 80.9 Å². The molecule has 0 aromatic heterocycles. The van der Waals surface area contributed by atoms with E-state index in [-0.39, 0.29) is 4.92 Å². The quantitative estimate of drug-likeness (QED) is 0.515. The van der Waals surface area contributed by atoms with Crippen LogP contribution < -0.4 is 5.32 Å². The minimum absolute atomic E-state index is 0.327. The number of esters is 1. The van der Waals surface area contributed by atoms with Gasteiger partial charge < -0.3 is 4.74 Å². The van der Waals surface area contributed by atoms with Gasteiger partial charge >= 0.3 is 5.97 Å². The molecule has 1 heterocycles. The van der Waals surface area contributed by atoms with Crippen molar-refractivity contribution in [2.75, 3.05) is 7.11 Å². The van der Waals surface area contributed by atoms with Crippen LogP contribution in [0.4, 0.5) is 0 Å². The van der Waals surface area contributed by atoms with E-state index >= 15 is 0 Å². The van der Waals surface area contributed by atoms with Gasteiger partial charge in [0.2, 0.25) is 6.04 Å². The lowest BCUT2D eigenvalue weighted by Gasteiger charge is -2.19. The van der Waals surface area contributed by atoms with E-state index in [2.05, 4.69) is 5.32 Å². The normalized spacial score (nSPS) is 25.5. The maximum absolute atomic E-state index is 12.3. The fourth-order valence-electron chi connectivity index (χ4n) is 3.42. The molecule has 0 spiro atoms. The van der Waals surface area contributed by atoms with Crippen molar-refractivity contribution >= 4 is 17.6 Å². The fraction of sp³-hybridized carbons (Fsp3) is 0.278. The minimum atomic E-state index is -1.01. The van der Waals surface area contributed by atoms with E-state index in [1.807, 2.05) is 30.3 Å². The first kappa shape index (κ1) is 17.4. The second kappa shape index (κ2) is 7.21. The van der Waals surface area contributed by atoms with Crippen molar-refractivity contribution in [2.24, 2.45) is 0 Å². The number of ether oxygens (including phenoxy) is 1. The molecule has 0 amide bonds. The Morgan fingerprint density at radius 1 is 1.12 bits per heavy atom. The lowest BCUT2D eigenvalue weighted by molar-refractivity contribution is -0.527. The predicted octanol–water partition coefficient (Wildman–Crippen LogP) is 2.96. The monoisotopic (exact) mass is 360 g/mol. The van der Waals surface area contributed by atoms with Crippen LogP contribution in [0.1, 0.15) is 23.1 Å². The van der Waals surface area contributed by atoms with Crippen molar-refractivity contribution in [1.29, 1.82) is 0 Å². The maximum atomic E-state index is 12.3. The molecule has 0 unspecified atom stereocenters. The van der Waals surface area contributed by atoms with Crippen molar-refractivity contribution in [2.45, 2.75) is 24.0 Å². The average Bonchev–Trinajstić information content (AvgIpc) is 3.03. The lowest BCUT2D eigenvalue weighted by Crippen LogP contribution is -2.37. The third-order valence-electron chi connectivity index (χ3n) is 4.54. The number of carbonyl (C=O) groups is 1. The molecule has 1 aliphatic rings. The molecule has 1 fully saturated rings. The van der Waals surface area contributed by atoms with Crippen LogP contribution in [0, 0.1) is 10.1 Å². The van der Waals surface area contributed by atoms with Crippen molar-refractivity contribution < 1.29 is 14.5 Å². The molecule has 4 atom stereocenters. The summed E-state index contributed by atoms with van der Waals surface area (Å²) in [6, 6.07) is 13.4. The summed E-state index contributed by atoms with van der Waals surface area (Å²) in [6.07, 6.45) is 0. The molecule has 1 saturated heterocycles. The highest BCUT2D eigenvalue weighted by Gasteiger charge is 2.54. The topological polar surface area (TPSA) is 81.5 Å². The summed E-state index contributed by atoms with van der Waals surface area (Å²) in [5.41, 5.74) is 1.43. The summed E-state index contributed by atoms with van der Waals surface area (Å²) in [7, 11) is 1.28. The highest BCUT2D eigenvalue weighted by Crippen LogP contribution is 2.40. The number of hydrogen-bond donors (Lipinski definition) is 1. The summed E-state index contributed by atoms with van der Waals surface area (Å²) >= 11 is 5.93. The molecule has 25 heavy (non-hydrogen) atoms. The van der Waals surface area contributed by atoms with Crippen LogP contribution in [0.2, 0.25) is 5.02 Å². The summed E-state index contributed by atoms with van der Waals surface area (Å²) in [6.45, 7) is 0. The molecule has 3 rings (SSSR count). The zero-order valence-electron chi connectivity index (χ0n) is 13.5. The molecule has 1 aliphatic heterocycles. The lowest BCUT2D eigenvalue weighted by atomic mass is 9.85. The number of nitrogens with one attached hydrogen (secondary N) is 1. The Morgan fingerprint density at radius 2 is 1.76 bits per heavy atom. The summed E-state index contributed by atoms with van der Waals surface area (Å²) in [5, 5.41) is 15.5. The number of benzene rings is 2. The molecule has 2 aromatic rings. The average molecular weight is 361 g/mol. The van der Waals surface area contributed by atoms with Crippen LogP contribution in [-0.4, -0.2) is 30.1 Å². The first-order valence-corrected chi connectivity index (χ1v) is 8.18. The molecule has 130 valence electrons. The first-order chi connectivity index (χ1) is 12.0. The van der Waals surface area contributed by atoms with Crippen LogP contribution >= 0.6 is 11.6 Å². The number of halogens is 1. The van der Waals surface area contributed by atoms with Gasteiger partial charge in [0, 0.05) is 9.95 Å². The van der Waals surface area contributed by atoms with Gasteiger partial charge in [0.1, 0.15) is 12.1 Å². The Labute approximate surface area is 149 Å². The largest absolute Gasteiger partial charge is 0.468 e. The van der Waals surface area contributed by atoms with E-state index < -0.39 is 30.0 Å². The van der Waals surface area contributed by atoms with E-state index in [1.54, 1.807) is 24.3 Å². The van der Waals surface area contributed by atoms with Gasteiger partial charge in [0.05, 0.1) is 13.0 Å². The molecule has 0 aliphatic carbocycles. The van der Waals surface area contributed by atoms with Crippen LogP contribution in [0.25, 0.3) is 0 Å². The molecule has 7 heteroatoms. The van der Waals surface area contributed by atoms with Crippen LogP contribution in [0.3, 0.4) is 0 Å². The molecule has 0 bridgehead atoms. The Bertz CT molecular complexity index is 766. The highest BCUT2D eigenvalue weighted by atomic mass is 35.5. The minimum Gasteiger partial charge on any atom is -0.468 e. The van der Waals surface area contributed by atoms with Gasteiger partial charge in [-0.05, 0) is 23.3 Å². The SMILES string of the molecule is COC(=O)[C@@H]1N[C@H](c2ccccc2)[C@H]([N+](=O)[O-])[C@H]1c1ccc(Cl)cc1. The zero-order chi connectivity index (χ0) is 18.0. The number of carbonyl (C=O) groups excluding carboxylic acids is 1. The second-order valence-corrected chi connectivity index (χ2v) is 6.35. The third kappa shape index (κ3) is 3.36. The standard InChI is InChI=1S/C18H17ClN2O4/c1-25-18(22)16-14(11-7-9-13(19)10-8-11)17(21(23)24)15(20-16)12-5-3-2-4-6-12/h2-10,14-17,20H,1H3/t14-,15+,16+,17+/m0/s1. The van der Waals surface area contributed by atoms with E-state index in [4.69, 9.17) is 16.3 Å².